The van der Waals surface area contributed by atoms with Crippen LogP contribution in [0.25, 0.3) is 0 Å². The number of halogens is 6. The first kappa shape index (κ1) is 113. The molecule has 2 aliphatic carbocycles. The molecule has 6 aromatic rings. The summed E-state index contributed by atoms with van der Waals surface area (Å²) in [5, 5.41) is 48.7. The minimum atomic E-state index is -0.732. The molecule has 0 unspecified atom stereocenters. The maximum absolute atomic E-state index is 11.0. The van der Waals surface area contributed by atoms with Crippen LogP contribution in [0.2, 0.25) is 0 Å². The molecule has 18 nitrogen and oxygen atoms in total. The van der Waals surface area contributed by atoms with Crippen molar-refractivity contribution >= 4 is 145 Å². The number of carbonyl (C=O) groups is 6. The summed E-state index contributed by atoms with van der Waals surface area (Å²) < 4.78 is 8.79. The van der Waals surface area contributed by atoms with Crippen LogP contribution in [0.3, 0.4) is 0 Å². The number of rotatable bonds is 31. The second-order valence-electron chi connectivity index (χ2n) is 33.9. The van der Waals surface area contributed by atoms with E-state index in [4.69, 9.17) is 48.9 Å². The second-order valence-corrected chi connectivity index (χ2v) is 35.5. The average Bonchev–Trinajstić information content (AvgIpc) is 1.59. The summed E-state index contributed by atoms with van der Waals surface area (Å²) in [7, 11) is 0. The Morgan fingerprint density at radius 1 is 0.539 bits per heavy atom. The van der Waals surface area contributed by atoms with E-state index in [1.54, 1.807) is 0 Å². The molecule has 6 aromatic carbocycles. The van der Waals surface area contributed by atoms with Crippen LogP contribution >= 0.6 is 51.5 Å². The highest BCUT2D eigenvalue weighted by molar-refractivity contribution is 9.09. The third-order valence-corrected chi connectivity index (χ3v) is 24.7. The molecule has 128 heavy (non-hydrogen) atoms. The quantitative estimate of drug-likeness (QED) is 0.00677. The Kier molecular flexibility index (Phi) is 51.0. The number of nitrogens with one attached hydrogen (secondary N) is 1. The van der Waals surface area contributed by atoms with Crippen LogP contribution in [-0.4, -0.2) is 114 Å². The summed E-state index contributed by atoms with van der Waals surface area (Å²) >= 11 is 17.0. The molecule has 0 amide bonds. The van der Waals surface area contributed by atoms with Gasteiger partial charge in [-0.05, 0) is 207 Å². The van der Waals surface area contributed by atoms with E-state index in [-0.39, 0.29) is 87.3 Å². The minimum absolute atomic E-state index is 0. The topological polar surface area (TPSA) is 262 Å². The summed E-state index contributed by atoms with van der Waals surface area (Å²) in [6.07, 6.45) is 32.2. The number of aliphatic carboxylic acids is 4. The Hall–Kier alpha value is -9.14. The van der Waals surface area contributed by atoms with Gasteiger partial charge in [0.2, 0.25) is 11.4 Å². The van der Waals surface area contributed by atoms with E-state index in [2.05, 4.69) is 235 Å². The monoisotopic (exact) mass is 2000 g/mol. The first-order chi connectivity index (χ1) is 59.6. The fourth-order valence-electron chi connectivity index (χ4n) is 15.7. The van der Waals surface area contributed by atoms with Gasteiger partial charge in [-0.25, -0.2) is 0 Å². The number of ether oxygens (including phenoxy) is 1. The molecule has 0 aromatic heterocycles. The average molecular weight is 2000 g/mol. The standard InChI is InChI=1S/C42H51ClN2O4.C20H19ClN2.C17H23NO2.C11H13N.C6H11BrO2.C4H7N.C4H6O3.2BrH.ClH/c1-41(2)32-18-9-11-20-34(32)44(28-13-5-7-22-38(46)47)36(41)26-24-30-16-15-17-31(40(30)43)25-27-37-42(3,4)33-19-10-12-21-35(33)45(37)29-14-6-8-23-39(48)49;21-20-16(14-22-18-10-3-1-4-11-18)8-7-9-17(20)15-23-19-12-5-2-6-13-19;1-13-17(2,3)14-9-6-7-10-15(14)18(13)12-8-4-5-11-16(19)20;1-8-11(2,3)9-6-4-5-7-10(9)12-8;7-5-3-1-2-4-6(8)9;1-2-3-4-5;1-3(5)7-4(2)6;;;/h9-12,18-21,24-27H,5-8,13-17,22-23,28-29H2,1-4H3,(H-,46,47,48,49);1-6,10-15,22H,7-9H2;6-7,9-10H,4-5,8,11-12H2,1-3H3;4-7H,1-3H3;1-5H2,(H,8,9);2-3H2,1H3;1-2H3;3*1H/b;16-14+,23-15?;;;;;;;;. The van der Waals surface area contributed by atoms with Gasteiger partial charge in [-0.2, -0.15) is 14.4 Å². The number of nitriles is 1. The highest BCUT2D eigenvalue weighted by Gasteiger charge is 2.45. The summed E-state index contributed by atoms with van der Waals surface area (Å²) in [5.41, 5.74) is 21.8. The van der Waals surface area contributed by atoms with Crippen molar-refractivity contribution in [3.8, 4) is 6.07 Å². The van der Waals surface area contributed by atoms with Crippen molar-refractivity contribution in [1.29, 1.82) is 5.26 Å². The first-order valence-corrected chi connectivity index (χ1v) is 46.0. The molecule has 12 rings (SSSR count). The zero-order valence-electron chi connectivity index (χ0n) is 76.9. The van der Waals surface area contributed by atoms with Crippen LogP contribution in [0.5, 0.6) is 0 Å². The number of hydrogen-bond acceptors (Lipinski definition) is 12. The van der Waals surface area contributed by atoms with Crippen LogP contribution in [0.15, 0.2) is 236 Å². The fourth-order valence-corrected chi connectivity index (χ4v) is 16.7. The van der Waals surface area contributed by atoms with Gasteiger partial charge < -0.3 is 69.3 Å². The van der Waals surface area contributed by atoms with Gasteiger partial charge in [-0.3, -0.25) is 38.8 Å². The number of nitrogens with zero attached hydrogens (tertiary/aromatic N) is 6. The van der Waals surface area contributed by atoms with E-state index >= 15 is 0 Å². The lowest BCUT2D eigenvalue weighted by Crippen LogP contribution is -3.00. The van der Waals surface area contributed by atoms with E-state index in [1.807, 2.05) is 92.1 Å². The SMILES string of the molecule is CC(=O)OC(C)=O.CC1(C)C(/C=C/C2=C(Cl)C(=C/C=C3/N(CCCCCC(=O)O)c4ccccc4C3(C)C)/CCC2)=[N+](CCCCCC(=O)O)c2ccccc21.CC1=Nc2ccccc2C1(C)C.CC1=[N+](CCCCCC(=O)O)c2ccccc2C1(C)C.CCCC#N.Cl.ClC1=C(C=Nc2ccccc2)CCC/C1=C\Nc1ccccc1.O=C(O)CCCCCBr.[Br-].[Br-]. The van der Waals surface area contributed by atoms with E-state index in [0.717, 1.165) is 184 Å². The normalized spacial score (nSPS) is 16.3. The Morgan fingerprint density at radius 3 is 1.52 bits per heavy atom. The molecule has 0 bridgehead atoms. The summed E-state index contributed by atoms with van der Waals surface area (Å²) in [6, 6.07) is 56.2. The number of hydrogen-bond donors (Lipinski definition) is 5. The molecule has 0 spiro atoms. The highest BCUT2D eigenvalue weighted by atomic mass is 79.9. The van der Waals surface area contributed by atoms with Gasteiger partial charge in [0.1, 0.15) is 13.1 Å². The number of fused-ring (bicyclic) bond motifs is 4. The van der Waals surface area contributed by atoms with E-state index in [9.17, 15) is 28.8 Å². The molecule has 24 heteroatoms. The molecule has 0 radical (unpaired) electrons. The number of carboxylic acids is 4. The lowest BCUT2D eigenvalue weighted by molar-refractivity contribution is -0.439. The second kappa shape index (κ2) is 57.8. The van der Waals surface area contributed by atoms with Crippen molar-refractivity contribution in [3.63, 3.8) is 0 Å². The molecule has 4 heterocycles. The molecule has 0 fully saturated rings. The maximum atomic E-state index is 11.0. The lowest BCUT2D eigenvalue weighted by atomic mass is 9.81. The largest absolute Gasteiger partial charge is 1.00 e. The van der Waals surface area contributed by atoms with Gasteiger partial charge in [-0.1, -0.05) is 208 Å². The number of esters is 2. The third kappa shape index (κ3) is 35.3. The van der Waals surface area contributed by atoms with Gasteiger partial charge in [-0.15, -0.1) is 12.4 Å². The number of benzene rings is 6. The van der Waals surface area contributed by atoms with Gasteiger partial charge in [0.05, 0.1) is 28.3 Å². The van der Waals surface area contributed by atoms with E-state index in [1.165, 1.54) is 76.0 Å². The van der Waals surface area contributed by atoms with Crippen LogP contribution < -0.4 is 44.2 Å². The minimum Gasteiger partial charge on any atom is -1.00 e. The van der Waals surface area contributed by atoms with Crippen LogP contribution in [0.4, 0.5) is 34.1 Å². The molecule has 4 aliphatic heterocycles. The van der Waals surface area contributed by atoms with Crippen molar-refractivity contribution in [1.82, 2.24) is 0 Å². The van der Waals surface area contributed by atoms with Crippen molar-refractivity contribution in [2.75, 3.05) is 35.2 Å². The first-order valence-electron chi connectivity index (χ1n) is 44.1. The van der Waals surface area contributed by atoms with Crippen molar-refractivity contribution < 1.29 is 97.0 Å². The number of para-hydroxylation sites is 6. The number of carboxylic acid groups (broad SMARTS) is 4. The Balaban J connectivity index is 0.000000444. The fraction of sp³-hybridized carbons (Fsp3) is 0.433. The predicted octanol–water partition coefficient (Wildman–Crippen LogP) is 20.9. The molecular formula is C104H133Br3Cl3N7O11. The van der Waals surface area contributed by atoms with Crippen molar-refractivity contribution in [2.45, 2.75) is 266 Å². The molecule has 692 valence electrons. The van der Waals surface area contributed by atoms with Gasteiger partial charge in [0, 0.05) is 163 Å². The number of aliphatic imine (C=N–C) groups is 2. The van der Waals surface area contributed by atoms with Gasteiger partial charge in [0.15, 0.2) is 11.4 Å². The van der Waals surface area contributed by atoms with Crippen LogP contribution in [0, 0.1) is 11.3 Å². The van der Waals surface area contributed by atoms with Gasteiger partial charge in [0.25, 0.3) is 0 Å². The molecule has 6 aliphatic rings. The lowest BCUT2D eigenvalue weighted by Gasteiger charge is -2.27. The van der Waals surface area contributed by atoms with E-state index < -0.39 is 35.8 Å². The van der Waals surface area contributed by atoms with Gasteiger partial charge >= 0.3 is 35.8 Å². The molecule has 0 saturated heterocycles. The summed E-state index contributed by atoms with van der Waals surface area (Å²) in [4.78, 5) is 73.6. The summed E-state index contributed by atoms with van der Waals surface area (Å²) in [6.45, 7) is 29.4. The van der Waals surface area contributed by atoms with Crippen molar-refractivity contribution in [3.05, 3.63) is 249 Å². The van der Waals surface area contributed by atoms with Crippen molar-refractivity contribution in [2.24, 2.45) is 9.98 Å². The highest BCUT2D eigenvalue weighted by Crippen LogP contribution is 2.49. The van der Waals surface area contributed by atoms with Crippen LogP contribution in [0.1, 0.15) is 266 Å². The maximum Gasteiger partial charge on any atom is 0.310 e. The van der Waals surface area contributed by atoms with Crippen LogP contribution in [-0.2, 0) is 55.2 Å². The summed E-state index contributed by atoms with van der Waals surface area (Å²) in [5.74, 6) is -3.97. The zero-order chi connectivity index (χ0) is 91.7. The number of allylic oxidation sites excluding steroid dienone is 11. The smallest absolute Gasteiger partial charge is 0.310 e. The number of anilines is 2. The number of carbonyl (C=O) groups excluding carboxylic acids is 2. The Labute approximate surface area is 806 Å². The molecule has 5 N–H and O–H groups in total. The number of unbranched alkanes of at least 4 members (excludes halogenated alkanes) is 9. The Morgan fingerprint density at radius 2 is 1.00 bits per heavy atom. The predicted molar refractivity (Wildman–Crippen MR) is 523 cm³/mol. The molecular weight excluding hydrogens is 1870 g/mol. The third-order valence-electron chi connectivity index (χ3n) is 23.1. The zero-order valence-corrected chi connectivity index (χ0v) is 84.0. The number of alkyl halides is 1. The van der Waals surface area contributed by atoms with E-state index in [0.29, 0.717) is 25.7 Å². The Bertz CT molecular complexity index is 5010. The molecule has 0 atom stereocenters. The molecule has 0 saturated carbocycles.